The number of para-hydroxylation sites is 1. The van der Waals surface area contributed by atoms with E-state index in [0.29, 0.717) is 11.5 Å². The predicted octanol–water partition coefficient (Wildman–Crippen LogP) is 4.16. The first-order valence-corrected chi connectivity index (χ1v) is 7.27. The van der Waals surface area contributed by atoms with Gasteiger partial charge in [0.05, 0.1) is 5.52 Å². The largest absolute Gasteiger partial charge is 0.357 e. The fourth-order valence-corrected chi connectivity index (χ4v) is 3.71. The SMILES string of the molecule is CNC1CC(C)(C)Cc2[nH]c3c(Br)cccc3c21. The molecule has 18 heavy (non-hydrogen) atoms. The highest BCUT2D eigenvalue weighted by atomic mass is 79.9. The molecule has 3 rings (SSSR count). The lowest BCUT2D eigenvalue weighted by molar-refractivity contribution is 0.264. The van der Waals surface area contributed by atoms with Crippen molar-refractivity contribution in [2.75, 3.05) is 7.05 Å². The highest BCUT2D eigenvalue weighted by molar-refractivity contribution is 9.10. The smallest absolute Gasteiger partial charge is 0.0603 e. The van der Waals surface area contributed by atoms with Crippen LogP contribution in [0, 0.1) is 5.41 Å². The van der Waals surface area contributed by atoms with Gasteiger partial charge in [-0.05, 0) is 52.9 Å². The summed E-state index contributed by atoms with van der Waals surface area (Å²) in [6.45, 7) is 4.70. The Balaban J connectivity index is 2.27. The molecule has 0 aliphatic heterocycles. The van der Waals surface area contributed by atoms with Crippen LogP contribution in [0.2, 0.25) is 0 Å². The average molecular weight is 307 g/mol. The molecule has 0 saturated carbocycles. The van der Waals surface area contributed by atoms with E-state index in [9.17, 15) is 0 Å². The minimum atomic E-state index is 0.355. The summed E-state index contributed by atoms with van der Waals surface area (Å²) >= 11 is 3.64. The van der Waals surface area contributed by atoms with Crippen LogP contribution in [-0.4, -0.2) is 12.0 Å². The Hall–Kier alpha value is -0.800. The Morgan fingerprint density at radius 1 is 1.39 bits per heavy atom. The van der Waals surface area contributed by atoms with Gasteiger partial charge in [-0.2, -0.15) is 0 Å². The van der Waals surface area contributed by atoms with Gasteiger partial charge in [0.1, 0.15) is 0 Å². The number of fused-ring (bicyclic) bond motifs is 3. The molecule has 0 amide bonds. The Labute approximate surface area is 116 Å². The van der Waals surface area contributed by atoms with Crippen molar-refractivity contribution in [3.8, 4) is 0 Å². The van der Waals surface area contributed by atoms with Crippen LogP contribution >= 0.6 is 15.9 Å². The highest BCUT2D eigenvalue weighted by Crippen LogP contribution is 2.44. The lowest BCUT2D eigenvalue weighted by atomic mass is 9.74. The van der Waals surface area contributed by atoms with Crippen molar-refractivity contribution in [2.45, 2.75) is 32.7 Å². The number of rotatable bonds is 1. The van der Waals surface area contributed by atoms with Crippen molar-refractivity contribution in [1.82, 2.24) is 10.3 Å². The van der Waals surface area contributed by atoms with E-state index in [1.54, 1.807) is 0 Å². The molecule has 1 aliphatic rings. The quantitative estimate of drug-likeness (QED) is 0.813. The van der Waals surface area contributed by atoms with Crippen LogP contribution in [0.5, 0.6) is 0 Å². The molecule has 1 unspecified atom stereocenters. The molecule has 1 aromatic carbocycles. The molecule has 0 saturated heterocycles. The lowest BCUT2D eigenvalue weighted by Crippen LogP contribution is -2.31. The fourth-order valence-electron chi connectivity index (χ4n) is 3.25. The van der Waals surface area contributed by atoms with Crippen LogP contribution in [0.4, 0.5) is 0 Å². The third kappa shape index (κ3) is 1.81. The van der Waals surface area contributed by atoms with E-state index < -0.39 is 0 Å². The number of hydrogen-bond donors (Lipinski definition) is 2. The number of hydrogen-bond acceptors (Lipinski definition) is 1. The van der Waals surface area contributed by atoms with Crippen LogP contribution in [-0.2, 0) is 6.42 Å². The van der Waals surface area contributed by atoms with Crippen LogP contribution in [0.3, 0.4) is 0 Å². The van der Waals surface area contributed by atoms with Crippen molar-refractivity contribution >= 4 is 26.8 Å². The van der Waals surface area contributed by atoms with Gasteiger partial charge in [0, 0.05) is 21.6 Å². The Bertz CT molecular complexity index is 598. The van der Waals surface area contributed by atoms with Gasteiger partial charge in [-0.3, -0.25) is 0 Å². The monoisotopic (exact) mass is 306 g/mol. The summed E-state index contributed by atoms with van der Waals surface area (Å²) in [5.41, 5.74) is 4.45. The van der Waals surface area contributed by atoms with E-state index in [4.69, 9.17) is 0 Å². The Kier molecular flexibility index (Phi) is 2.79. The summed E-state index contributed by atoms with van der Waals surface area (Å²) in [5.74, 6) is 0. The Morgan fingerprint density at radius 2 is 2.17 bits per heavy atom. The highest BCUT2D eigenvalue weighted by Gasteiger charge is 2.34. The molecule has 2 N–H and O–H groups in total. The molecule has 0 fully saturated rings. The number of aromatic amines is 1. The van der Waals surface area contributed by atoms with Crippen molar-refractivity contribution < 1.29 is 0 Å². The van der Waals surface area contributed by atoms with Crippen molar-refractivity contribution in [3.05, 3.63) is 33.9 Å². The summed E-state index contributed by atoms with van der Waals surface area (Å²) in [7, 11) is 2.06. The number of H-pyrrole nitrogens is 1. The molecule has 96 valence electrons. The molecule has 1 atom stereocenters. The topological polar surface area (TPSA) is 27.8 Å². The van der Waals surface area contributed by atoms with Gasteiger partial charge < -0.3 is 10.3 Å². The van der Waals surface area contributed by atoms with Gasteiger partial charge in [0.15, 0.2) is 0 Å². The normalized spacial score (nSPS) is 22.1. The summed E-state index contributed by atoms with van der Waals surface area (Å²) in [5, 5.41) is 4.83. The molecule has 2 aromatic rings. The molecule has 0 bridgehead atoms. The standard InChI is InChI=1S/C15H19BrN2/c1-15(2)7-11(17-3)13-9-5-4-6-10(16)14(9)18-12(13)8-15/h4-6,11,17-18H,7-8H2,1-3H3. The molecule has 0 radical (unpaired) electrons. The first-order valence-electron chi connectivity index (χ1n) is 6.48. The Morgan fingerprint density at radius 3 is 2.89 bits per heavy atom. The van der Waals surface area contributed by atoms with Crippen LogP contribution < -0.4 is 5.32 Å². The number of benzene rings is 1. The molecule has 1 aliphatic carbocycles. The number of nitrogens with one attached hydrogen (secondary N) is 2. The summed E-state index contributed by atoms with van der Waals surface area (Å²) in [4.78, 5) is 3.62. The van der Waals surface area contributed by atoms with E-state index in [2.05, 4.69) is 65.3 Å². The van der Waals surface area contributed by atoms with E-state index in [1.165, 1.54) is 28.6 Å². The van der Waals surface area contributed by atoms with Gasteiger partial charge in [-0.25, -0.2) is 0 Å². The van der Waals surface area contributed by atoms with Gasteiger partial charge in [-0.1, -0.05) is 26.0 Å². The zero-order chi connectivity index (χ0) is 12.9. The lowest BCUT2D eigenvalue weighted by Gasteiger charge is -2.35. The average Bonchev–Trinajstić information content (AvgIpc) is 2.66. The maximum Gasteiger partial charge on any atom is 0.0603 e. The van der Waals surface area contributed by atoms with E-state index in [0.717, 1.165) is 10.9 Å². The second-order valence-electron chi connectivity index (χ2n) is 6.07. The first kappa shape index (κ1) is 12.2. The molecule has 1 heterocycles. The maximum atomic E-state index is 3.64. The van der Waals surface area contributed by atoms with Gasteiger partial charge in [0.25, 0.3) is 0 Å². The number of halogens is 1. The maximum absolute atomic E-state index is 3.64. The third-order valence-corrected chi connectivity index (χ3v) is 4.67. The van der Waals surface area contributed by atoms with Gasteiger partial charge in [0.2, 0.25) is 0 Å². The van der Waals surface area contributed by atoms with Crippen LogP contribution in [0.25, 0.3) is 10.9 Å². The van der Waals surface area contributed by atoms with Crippen LogP contribution in [0.15, 0.2) is 22.7 Å². The minimum absolute atomic E-state index is 0.355. The molecular weight excluding hydrogens is 288 g/mol. The van der Waals surface area contributed by atoms with Crippen molar-refractivity contribution in [3.63, 3.8) is 0 Å². The first-order chi connectivity index (χ1) is 8.52. The summed E-state index contributed by atoms with van der Waals surface area (Å²) in [6, 6.07) is 6.89. The molecule has 2 nitrogen and oxygen atoms in total. The summed E-state index contributed by atoms with van der Waals surface area (Å²) < 4.78 is 1.15. The van der Waals surface area contributed by atoms with Gasteiger partial charge in [-0.15, -0.1) is 0 Å². The fraction of sp³-hybridized carbons (Fsp3) is 0.467. The zero-order valence-corrected chi connectivity index (χ0v) is 12.7. The van der Waals surface area contributed by atoms with E-state index >= 15 is 0 Å². The minimum Gasteiger partial charge on any atom is -0.357 e. The van der Waals surface area contributed by atoms with Crippen molar-refractivity contribution in [1.29, 1.82) is 0 Å². The van der Waals surface area contributed by atoms with Crippen molar-refractivity contribution in [2.24, 2.45) is 5.41 Å². The second-order valence-corrected chi connectivity index (χ2v) is 6.92. The van der Waals surface area contributed by atoms with Gasteiger partial charge >= 0.3 is 0 Å². The molecule has 1 aromatic heterocycles. The van der Waals surface area contributed by atoms with Crippen LogP contribution in [0.1, 0.15) is 37.6 Å². The van der Waals surface area contributed by atoms with E-state index in [-0.39, 0.29) is 0 Å². The number of aromatic nitrogens is 1. The predicted molar refractivity (Wildman–Crippen MR) is 79.9 cm³/mol. The molecular formula is C15H19BrN2. The molecule has 0 spiro atoms. The zero-order valence-electron chi connectivity index (χ0n) is 11.1. The van der Waals surface area contributed by atoms with E-state index in [1.807, 2.05) is 0 Å². The third-order valence-electron chi connectivity index (χ3n) is 4.01. The second kappa shape index (κ2) is 4.10. The summed E-state index contributed by atoms with van der Waals surface area (Å²) in [6.07, 6.45) is 2.32. The molecule has 3 heteroatoms.